The highest BCUT2D eigenvalue weighted by Crippen LogP contribution is 2.16. The molecule has 0 bridgehead atoms. The molecular weight excluding hydrogens is 190 g/mol. The van der Waals surface area contributed by atoms with Crippen LogP contribution in [0.2, 0.25) is 0 Å². The first-order chi connectivity index (χ1) is 7.19. The number of aromatic nitrogens is 1. The molecule has 0 aliphatic rings. The normalized spacial score (nSPS) is 12.3. The molecule has 0 aliphatic carbocycles. The summed E-state index contributed by atoms with van der Waals surface area (Å²) < 4.78 is 4.91. The summed E-state index contributed by atoms with van der Waals surface area (Å²) in [7, 11) is 0. The third-order valence-electron chi connectivity index (χ3n) is 2.00. The third-order valence-corrected chi connectivity index (χ3v) is 2.00. The van der Waals surface area contributed by atoms with E-state index in [0.717, 1.165) is 12.0 Å². The van der Waals surface area contributed by atoms with Crippen molar-refractivity contribution in [1.29, 1.82) is 0 Å². The first-order valence-electron chi connectivity index (χ1n) is 5.00. The third kappa shape index (κ3) is 2.91. The van der Waals surface area contributed by atoms with Crippen molar-refractivity contribution < 1.29 is 9.32 Å². The molecule has 15 heavy (non-hydrogen) atoms. The number of nitrogens with zero attached hydrogens (tertiary/aromatic N) is 1. The Morgan fingerprint density at radius 3 is 2.80 bits per heavy atom. The van der Waals surface area contributed by atoms with E-state index in [-0.39, 0.29) is 5.78 Å². The molecule has 0 spiro atoms. The van der Waals surface area contributed by atoms with Crippen molar-refractivity contribution in [1.82, 2.24) is 5.16 Å². The van der Waals surface area contributed by atoms with Crippen LogP contribution in [0.4, 0.5) is 0 Å². The molecular formula is C12H15NO2. The topological polar surface area (TPSA) is 43.1 Å². The van der Waals surface area contributed by atoms with Gasteiger partial charge in [0.2, 0.25) is 5.76 Å². The minimum absolute atomic E-state index is 0.108. The van der Waals surface area contributed by atoms with Crippen molar-refractivity contribution in [3.8, 4) is 0 Å². The summed E-state index contributed by atoms with van der Waals surface area (Å²) in [4.78, 5) is 11.0. The molecule has 80 valence electrons. The number of hydrogen-bond donors (Lipinski definition) is 0. The van der Waals surface area contributed by atoms with Crippen molar-refractivity contribution in [3.63, 3.8) is 0 Å². The summed E-state index contributed by atoms with van der Waals surface area (Å²) in [6, 6.07) is 1.66. The van der Waals surface area contributed by atoms with Gasteiger partial charge in [-0.3, -0.25) is 4.79 Å². The Balaban J connectivity index is 2.94. The summed E-state index contributed by atoms with van der Waals surface area (Å²) in [6.07, 6.45) is 6.92. The molecule has 0 radical (unpaired) electrons. The zero-order valence-electron chi connectivity index (χ0n) is 9.28. The van der Waals surface area contributed by atoms with Gasteiger partial charge in [0.1, 0.15) is 5.69 Å². The second kappa shape index (κ2) is 5.29. The zero-order valence-corrected chi connectivity index (χ0v) is 9.28. The summed E-state index contributed by atoms with van der Waals surface area (Å²) in [5.41, 5.74) is 1.67. The lowest BCUT2D eigenvalue weighted by Crippen LogP contribution is -1.86. The van der Waals surface area contributed by atoms with E-state index in [1.54, 1.807) is 6.07 Å². The number of rotatable bonds is 4. The van der Waals surface area contributed by atoms with Crippen molar-refractivity contribution in [2.24, 2.45) is 0 Å². The van der Waals surface area contributed by atoms with E-state index in [4.69, 9.17) is 4.52 Å². The number of Topliss-reactive ketones (excluding diaryl/α,β-unsaturated/α-hetero) is 1. The van der Waals surface area contributed by atoms with E-state index in [1.165, 1.54) is 6.92 Å². The van der Waals surface area contributed by atoms with Crippen LogP contribution < -0.4 is 0 Å². The van der Waals surface area contributed by atoms with Crippen LogP contribution in [0.3, 0.4) is 0 Å². The van der Waals surface area contributed by atoms with Gasteiger partial charge in [0.15, 0.2) is 5.78 Å². The lowest BCUT2D eigenvalue weighted by molar-refractivity contribution is 0.0978. The van der Waals surface area contributed by atoms with Gasteiger partial charge in [-0.15, -0.1) is 0 Å². The van der Waals surface area contributed by atoms with Crippen molar-refractivity contribution in [3.05, 3.63) is 35.7 Å². The first kappa shape index (κ1) is 11.4. The standard InChI is InChI=1S/C12H15NO2/c1-4-6-7-10(5-2)11-8-12(9(3)14)15-13-11/h5-8H,4H2,1-3H3/b7-6-,10-5+. The molecule has 0 N–H and O–H groups in total. The smallest absolute Gasteiger partial charge is 0.202 e. The van der Waals surface area contributed by atoms with Crippen molar-refractivity contribution in [2.45, 2.75) is 27.2 Å². The Kier molecular flexibility index (Phi) is 4.03. The van der Waals surface area contributed by atoms with Gasteiger partial charge < -0.3 is 4.52 Å². The Labute approximate surface area is 89.5 Å². The summed E-state index contributed by atoms with van der Waals surface area (Å²) in [5, 5.41) is 3.85. The van der Waals surface area contributed by atoms with Gasteiger partial charge in [-0.2, -0.15) is 0 Å². The Morgan fingerprint density at radius 1 is 1.60 bits per heavy atom. The van der Waals surface area contributed by atoms with Crippen LogP contribution in [0.25, 0.3) is 5.57 Å². The molecule has 0 aromatic carbocycles. The molecule has 0 amide bonds. The molecule has 1 aromatic rings. The number of ketones is 1. The zero-order chi connectivity index (χ0) is 11.3. The van der Waals surface area contributed by atoms with Gasteiger partial charge in [0.05, 0.1) is 0 Å². The van der Waals surface area contributed by atoms with Crippen LogP contribution in [-0.2, 0) is 0 Å². The van der Waals surface area contributed by atoms with Crippen LogP contribution in [0, 0.1) is 0 Å². The van der Waals surface area contributed by atoms with E-state index in [2.05, 4.69) is 12.1 Å². The highest BCUT2D eigenvalue weighted by Gasteiger charge is 2.09. The number of allylic oxidation sites excluding steroid dienone is 4. The minimum Gasteiger partial charge on any atom is -0.353 e. The SMILES string of the molecule is C/C=C(\C=C/CC)c1cc(C(C)=O)on1. The highest BCUT2D eigenvalue weighted by molar-refractivity contribution is 5.92. The van der Waals surface area contributed by atoms with Crippen LogP contribution in [-0.4, -0.2) is 10.9 Å². The van der Waals surface area contributed by atoms with Gasteiger partial charge >= 0.3 is 0 Å². The molecule has 0 saturated heterocycles. The molecule has 0 unspecified atom stereocenters. The Morgan fingerprint density at radius 2 is 2.33 bits per heavy atom. The molecule has 3 nitrogen and oxygen atoms in total. The van der Waals surface area contributed by atoms with Crippen molar-refractivity contribution >= 4 is 11.4 Å². The second-order valence-corrected chi connectivity index (χ2v) is 3.19. The maximum absolute atomic E-state index is 11.0. The van der Waals surface area contributed by atoms with Crippen LogP contribution in [0.5, 0.6) is 0 Å². The van der Waals surface area contributed by atoms with Gasteiger partial charge in [-0.1, -0.05) is 30.3 Å². The number of carbonyl (C=O) groups excluding carboxylic acids is 1. The minimum atomic E-state index is -0.108. The van der Waals surface area contributed by atoms with E-state index in [0.29, 0.717) is 11.5 Å². The lowest BCUT2D eigenvalue weighted by atomic mass is 10.1. The molecule has 1 heterocycles. The predicted molar refractivity (Wildman–Crippen MR) is 59.6 cm³/mol. The lowest BCUT2D eigenvalue weighted by Gasteiger charge is -1.92. The highest BCUT2D eigenvalue weighted by atomic mass is 16.5. The fraction of sp³-hybridized carbons (Fsp3) is 0.333. The van der Waals surface area contributed by atoms with E-state index in [1.807, 2.05) is 25.2 Å². The Bertz CT molecular complexity index is 400. The van der Waals surface area contributed by atoms with Crippen molar-refractivity contribution in [2.75, 3.05) is 0 Å². The average molecular weight is 205 g/mol. The molecule has 0 aliphatic heterocycles. The van der Waals surface area contributed by atoms with Gasteiger partial charge in [-0.25, -0.2) is 0 Å². The quantitative estimate of drug-likeness (QED) is 0.559. The second-order valence-electron chi connectivity index (χ2n) is 3.19. The molecule has 1 aromatic heterocycles. The van der Waals surface area contributed by atoms with E-state index in [9.17, 15) is 4.79 Å². The molecule has 0 saturated carbocycles. The number of hydrogen-bond acceptors (Lipinski definition) is 3. The van der Waals surface area contributed by atoms with Gasteiger partial charge in [-0.05, 0) is 18.9 Å². The first-order valence-corrected chi connectivity index (χ1v) is 5.00. The number of carbonyl (C=O) groups is 1. The average Bonchev–Trinajstić information content (AvgIpc) is 2.68. The largest absolute Gasteiger partial charge is 0.353 e. The molecule has 3 heteroatoms. The molecule has 1 rings (SSSR count). The maximum Gasteiger partial charge on any atom is 0.202 e. The van der Waals surface area contributed by atoms with E-state index >= 15 is 0 Å². The summed E-state index contributed by atoms with van der Waals surface area (Å²) in [5.74, 6) is 0.193. The molecule has 0 fully saturated rings. The summed E-state index contributed by atoms with van der Waals surface area (Å²) in [6.45, 7) is 5.45. The van der Waals surface area contributed by atoms with Crippen LogP contribution in [0.1, 0.15) is 43.4 Å². The Hall–Kier alpha value is -1.64. The van der Waals surface area contributed by atoms with Gasteiger partial charge in [0.25, 0.3) is 0 Å². The molecule has 0 atom stereocenters. The van der Waals surface area contributed by atoms with Crippen LogP contribution >= 0.6 is 0 Å². The fourth-order valence-electron chi connectivity index (χ4n) is 1.15. The van der Waals surface area contributed by atoms with Gasteiger partial charge in [0, 0.05) is 13.0 Å². The van der Waals surface area contributed by atoms with E-state index < -0.39 is 0 Å². The maximum atomic E-state index is 11.0. The fourth-order valence-corrected chi connectivity index (χ4v) is 1.15. The predicted octanol–water partition coefficient (Wildman–Crippen LogP) is 3.25. The summed E-state index contributed by atoms with van der Waals surface area (Å²) >= 11 is 0. The van der Waals surface area contributed by atoms with Crippen LogP contribution in [0.15, 0.2) is 28.8 Å². The monoisotopic (exact) mass is 205 g/mol.